The second kappa shape index (κ2) is 9.28. The molecule has 1 saturated heterocycles. The summed E-state index contributed by atoms with van der Waals surface area (Å²) < 4.78 is 34.4. The lowest BCUT2D eigenvalue weighted by Crippen LogP contribution is -2.40. The minimum absolute atomic E-state index is 0.119. The van der Waals surface area contributed by atoms with Crippen LogP contribution in [0.1, 0.15) is 21.6 Å². The van der Waals surface area contributed by atoms with Crippen LogP contribution in [0.3, 0.4) is 0 Å². The summed E-state index contributed by atoms with van der Waals surface area (Å²) in [6.45, 7) is 3.73. The molecule has 4 rings (SSSR count). The van der Waals surface area contributed by atoms with Crippen molar-refractivity contribution in [2.24, 2.45) is 7.05 Å². The third-order valence-electron chi connectivity index (χ3n) is 5.58. The van der Waals surface area contributed by atoms with Crippen LogP contribution in [0.15, 0.2) is 71.8 Å². The van der Waals surface area contributed by atoms with Crippen LogP contribution in [0.25, 0.3) is 0 Å². The van der Waals surface area contributed by atoms with Gasteiger partial charge < -0.3 is 14.2 Å². The van der Waals surface area contributed by atoms with Gasteiger partial charge in [0.05, 0.1) is 19.8 Å². The zero-order valence-corrected chi connectivity index (χ0v) is 19.1. The van der Waals surface area contributed by atoms with Crippen LogP contribution in [0, 0.1) is 6.92 Å². The molecule has 0 saturated carbocycles. The van der Waals surface area contributed by atoms with Crippen LogP contribution in [0.2, 0.25) is 0 Å². The van der Waals surface area contributed by atoms with Crippen LogP contribution in [0.4, 0.5) is 5.69 Å². The van der Waals surface area contributed by atoms with Crippen molar-refractivity contribution in [3.8, 4) is 0 Å². The second-order valence-electron chi connectivity index (χ2n) is 7.90. The first-order chi connectivity index (χ1) is 15.4. The topological polar surface area (TPSA) is 71.8 Å². The summed E-state index contributed by atoms with van der Waals surface area (Å²) in [7, 11) is -1.99. The number of sulfonamides is 1. The molecule has 0 atom stereocenters. The standard InChI is InChI=1S/C24H27N3O4S/c1-19-8-10-21(11-9-19)27(17-20-6-4-3-5-7-20)24(28)23-16-22(18-25(23)2)32(29,30)26-12-14-31-15-13-26/h3-11,16,18H,12-15,17H2,1-2H3. The summed E-state index contributed by atoms with van der Waals surface area (Å²) in [6.07, 6.45) is 1.51. The van der Waals surface area contributed by atoms with Gasteiger partial charge in [-0.2, -0.15) is 4.31 Å². The molecule has 0 spiro atoms. The van der Waals surface area contributed by atoms with E-state index in [9.17, 15) is 13.2 Å². The molecule has 0 aliphatic carbocycles. The highest BCUT2D eigenvalue weighted by molar-refractivity contribution is 7.89. The van der Waals surface area contributed by atoms with Gasteiger partial charge in [-0.25, -0.2) is 8.42 Å². The Kier molecular flexibility index (Phi) is 6.45. The summed E-state index contributed by atoms with van der Waals surface area (Å²) >= 11 is 0. The van der Waals surface area contributed by atoms with Crippen molar-refractivity contribution in [3.63, 3.8) is 0 Å². The fourth-order valence-electron chi connectivity index (χ4n) is 3.73. The van der Waals surface area contributed by atoms with Crippen molar-refractivity contribution < 1.29 is 17.9 Å². The number of carbonyl (C=O) groups is 1. The van der Waals surface area contributed by atoms with Crippen LogP contribution < -0.4 is 4.90 Å². The maximum atomic E-state index is 13.6. The second-order valence-corrected chi connectivity index (χ2v) is 9.84. The number of carbonyl (C=O) groups excluding carboxylic acids is 1. The third kappa shape index (κ3) is 4.62. The van der Waals surface area contributed by atoms with Gasteiger partial charge in [0, 0.05) is 32.0 Å². The Morgan fingerprint density at radius 1 is 1.03 bits per heavy atom. The van der Waals surface area contributed by atoms with Crippen molar-refractivity contribution in [1.29, 1.82) is 0 Å². The van der Waals surface area contributed by atoms with Crippen LogP contribution in [-0.4, -0.2) is 49.5 Å². The van der Waals surface area contributed by atoms with E-state index < -0.39 is 10.0 Å². The number of nitrogens with zero attached hydrogens (tertiary/aromatic N) is 3. The fourth-order valence-corrected chi connectivity index (χ4v) is 5.21. The van der Waals surface area contributed by atoms with E-state index in [0.717, 1.165) is 16.8 Å². The van der Waals surface area contributed by atoms with E-state index in [1.165, 1.54) is 16.6 Å². The van der Waals surface area contributed by atoms with E-state index >= 15 is 0 Å². The predicted octanol–water partition coefficient (Wildman–Crippen LogP) is 3.20. The number of anilines is 1. The van der Waals surface area contributed by atoms with Crippen molar-refractivity contribution in [3.05, 3.63) is 83.7 Å². The van der Waals surface area contributed by atoms with Gasteiger partial charge >= 0.3 is 0 Å². The molecule has 32 heavy (non-hydrogen) atoms. The number of ether oxygens (including phenoxy) is 1. The Morgan fingerprint density at radius 2 is 1.69 bits per heavy atom. The van der Waals surface area contributed by atoms with E-state index in [4.69, 9.17) is 4.74 Å². The zero-order chi connectivity index (χ0) is 22.7. The molecule has 0 N–H and O–H groups in total. The van der Waals surface area contributed by atoms with Crippen molar-refractivity contribution in [2.45, 2.75) is 18.4 Å². The first-order valence-electron chi connectivity index (χ1n) is 10.5. The molecule has 1 fully saturated rings. The quantitative estimate of drug-likeness (QED) is 0.575. The number of hydrogen-bond acceptors (Lipinski definition) is 4. The average Bonchev–Trinajstić information content (AvgIpc) is 3.21. The largest absolute Gasteiger partial charge is 0.379 e. The molecular weight excluding hydrogens is 426 g/mol. The van der Waals surface area contributed by atoms with Gasteiger partial charge in [0.15, 0.2) is 0 Å². The third-order valence-corrected chi connectivity index (χ3v) is 7.45. The lowest BCUT2D eigenvalue weighted by atomic mass is 10.1. The van der Waals surface area contributed by atoms with Gasteiger partial charge in [0.2, 0.25) is 10.0 Å². The Balaban J connectivity index is 1.68. The SMILES string of the molecule is Cc1ccc(N(Cc2ccccc2)C(=O)c2cc(S(=O)(=O)N3CCOCC3)cn2C)cc1. The molecule has 7 nitrogen and oxygen atoms in total. The minimum atomic E-state index is -3.69. The van der Waals surface area contributed by atoms with Crippen LogP contribution in [-0.2, 0) is 28.4 Å². The molecule has 0 bridgehead atoms. The highest BCUT2D eigenvalue weighted by atomic mass is 32.2. The predicted molar refractivity (Wildman–Crippen MR) is 123 cm³/mol. The summed E-state index contributed by atoms with van der Waals surface area (Å²) in [5.74, 6) is -0.261. The Bertz CT molecular complexity index is 1180. The maximum absolute atomic E-state index is 13.6. The van der Waals surface area contributed by atoms with Gasteiger partial charge in [0.1, 0.15) is 10.6 Å². The molecule has 2 heterocycles. The van der Waals surface area contributed by atoms with Crippen molar-refractivity contribution >= 4 is 21.6 Å². The molecule has 0 radical (unpaired) electrons. The van der Waals surface area contributed by atoms with E-state index in [0.29, 0.717) is 38.5 Å². The van der Waals surface area contributed by atoms with E-state index in [2.05, 4.69) is 0 Å². The number of benzene rings is 2. The summed E-state index contributed by atoms with van der Waals surface area (Å²) in [4.78, 5) is 15.4. The smallest absolute Gasteiger partial charge is 0.275 e. The summed E-state index contributed by atoms with van der Waals surface area (Å²) in [6, 6.07) is 18.9. The van der Waals surface area contributed by atoms with Gasteiger partial charge in [-0.1, -0.05) is 48.0 Å². The summed E-state index contributed by atoms with van der Waals surface area (Å²) in [5.41, 5.74) is 3.15. The van der Waals surface area contributed by atoms with Gasteiger partial charge in [0.25, 0.3) is 5.91 Å². The number of rotatable bonds is 6. The Labute approximate surface area is 188 Å². The normalized spacial score (nSPS) is 14.9. The monoisotopic (exact) mass is 453 g/mol. The first kappa shape index (κ1) is 22.3. The molecule has 1 amide bonds. The van der Waals surface area contributed by atoms with E-state index in [-0.39, 0.29) is 10.8 Å². The average molecular weight is 454 g/mol. The summed E-state index contributed by atoms with van der Waals surface area (Å²) in [5, 5.41) is 0. The highest BCUT2D eigenvalue weighted by Gasteiger charge is 2.30. The molecular formula is C24H27N3O4S. The lowest BCUT2D eigenvalue weighted by molar-refractivity contribution is 0.0730. The molecule has 168 valence electrons. The van der Waals surface area contributed by atoms with E-state index in [1.807, 2.05) is 61.5 Å². The van der Waals surface area contributed by atoms with Gasteiger partial charge in [-0.15, -0.1) is 0 Å². The highest BCUT2D eigenvalue weighted by Crippen LogP contribution is 2.24. The number of aryl methyl sites for hydroxylation is 2. The Hall–Kier alpha value is -2.94. The van der Waals surface area contributed by atoms with Crippen LogP contribution >= 0.6 is 0 Å². The molecule has 0 unspecified atom stereocenters. The number of amides is 1. The number of aromatic nitrogens is 1. The van der Waals surface area contributed by atoms with Crippen molar-refractivity contribution in [1.82, 2.24) is 8.87 Å². The molecule has 1 aromatic heterocycles. The number of hydrogen-bond donors (Lipinski definition) is 0. The zero-order valence-electron chi connectivity index (χ0n) is 18.3. The Morgan fingerprint density at radius 3 is 2.34 bits per heavy atom. The molecule has 8 heteroatoms. The number of morpholine rings is 1. The molecule has 2 aromatic carbocycles. The van der Waals surface area contributed by atoms with Crippen molar-refractivity contribution in [2.75, 3.05) is 31.2 Å². The molecule has 1 aliphatic heterocycles. The van der Waals surface area contributed by atoms with Gasteiger partial charge in [-0.3, -0.25) is 4.79 Å². The fraction of sp³-hybridized carbons (Fsp3) is 0.292. The van der Waals surface area contributed by atoms with Crippen LogP contribution in [0.5, 0.6) is 0 Å². The lowest BCUT2D eigenvalue weighted by Gasteiger charge is -2.25. The first-order valence-corrected chi connectivity index (χ1v) is 12.0. The maximum Gasteiger partial charge on any atom is 0.275 e. The minimum Gasteiger partial charge on any atom is -0.379 e. The van der Waals surface area contributed by atoms with Gasteiger partial charge in [-0.05, 0) is 30.7 Å². The van der Waals surface area contributed by atoms with E-state index in [1.54, 1.807) is 16.5 Å². The molecule has 1 aliphatic rings. The molecule has 3 aromatic rings.